The van der Waals surface area contributed by atoms with Crippen LogP contribution in [0.15, 0.2) is 59.4 Å². The highest BCUT2D eigenvalue weighted by Gasteiger charge is 2.14. The lowest BCUT2D eigenvalue weighted by Crippen LogP contribution is -2.22. The third-order valence-corrected chi connectivity index (χ3v) is 5.29. The molecule has 0 bridgehead atoms. The van der Waals surface area contributed by atoms with Crippen LogP contribution in [0.1, 0.15) is 11.4 Å². The normalized spacial score (nSPS) is 11.2. The van der Waals surface area contributed by atoms with Crippen LogP contribution in [-0.2, 0) is 0 Å². The molecule has 6 nitrogen and oxygen atoms in total. The number of aromatic nitrogens is 2. The third-order valence-electron chi connectivity index (χ3n) is 5.05. The molecule has 4 aromatic rings. The molecular weight excluding hydrogens is 447 g/mol. The highest BCUT2D eigenvalue weighted by Crippen LogP contribution is 2.38. The molecule has 1 heterocycles. The second-order valence-corrected chi connectivity index (χ2v) is 7.48. The average molecular weight is 467 g/mol. The van der Waals surface area contributed by atoms with E-state index in [1.54, 1.807) is 42.5 Å². The Morgan fingerprint density at radius 2 is 1.58 bits per heavy atom. The highest BCUT2D eigenvalue weighted by molar-refractivity contribution is 6.31. The van der Waals surface area contributed by atoms with Crippen LogP contribution in [0.3, 0.4) is 0 Å². The number of halogens is 2. The molecule has 0 N–H and O–H groups in total. The highest BCUT2D eigenvalue weighted by atomic mass is 35.5. The molecule has 0 unspecified atom stereocenters. The van der Waals surface area contributed by atoms with Crippen LogP contribution in [0.2, 0.25) is 5.02 Å². The van der Waals surface area contributed by atoms with Gasteiger partial charge in [-0.25, -0.2) is 9.37 Å². The number of rotatable bonds is 6. The lowest BCUT2D eigenvalue weighted by Gasteiger charge is -2.13. The number of ether oxygens (including phenoxy) is 3. The Bertz CT molecular complexity index is 1390. The van der Waals surface area contributed by atoms with Gasteiger partial charge in [0.05, 0.1) is 37.9 Å². The first-order valence-corrected chi connectivity index (χ1v) is 10.3. The second-order valence-electron chi connectivity index (χ2n) is 7.04. The molecule has 0 atom stereocenters. The predicted molar refractivity (Wildman–Crippen MR) is 127 cm³/mol. The summed E-state index contributed by atoms with van der Waals surface area (Å²) in [4.78, 5) is 18.0. The number of methoxy groups -OCH3 is 3. The van der Waals surface area contributed by atoms with Gasteiger partial charge in [-0.1, -0.05) is 17.7 Å². The van der Waals surface area contributed by atoms with Crippen LogP contribution in [0.5, 0.6) is 17.2 Å². The smallest absolute Gasteiger partial charge is 0.266 e. The zero-order chi connectivity index (χ0) is 23.5. The Kier molecular flexibility index (Phi) is 6.33. The van der Waals surface area contributed by atoms with Crippen molar-refractivity contribution >= 4 is 34.7 Å². The summed E-state index contributed by atoms with van der Waals surface area (Å²) in [7, 11) is 4.60. The average Bonchev–Trinajstić information content (AvgIpc) is 2.82. The summed E-state index contributed by atoms with van der Waals surface area (Å²) in [6.07, 6.45) is 3.45. The van der Waals surface area contributed by atoms with Gasteiger partial charge in [0.1, 0.15) is 11.6 Å². The fourth-order valence-corrected chi connectivity index (χ4v) is 3.66. The molecule has 168 valence electrons. The van der Waals surface area contributed by atoms with Crippen molar-refractivity contribution in [1.82, 2.24) is 9.55 Å². The second kappa shape index (κ2) is 9.34. The molecule has 0 amide bonds. The van der Waals surface area contributed by atoms with Gasteiger partial charge >= 0.3 is 0 Å². The van der Waals surface area contributed by atoms with E-state index in [2.05, 4.69) is 4.98 Å². The first kappa shape index (κ1) is 22.4. The molecule has 0 aliphatic carbocycles. The van der Waals surface area contributed by atoms with E-state index in [4.69, 9.17) is 25.8 Å². The van der Waals surface area contributed by atoms with Crippen LogP contribution in [0.25, 0.3) is 28.7 Å². The fourth-order valence-electron chi connectivity index (χ4n) is 3.50. The van der Waals surface area contributed by atoms with Gasteiger partial charge in [-0.2, -0.15) is 0 Å². The predicted octanol–water partition coefficient (Wildman–Crippen LogP) is 5.37. The monoisotopic (exact) mass is 466 g/mol. The zero-order valence-electron chi connectivity index (χ0n) is 18.1. The molecular formula is C25H20ClFN2O4. The van der Waals surface area contributed by atoms with Crippen LogP contribution < -0.4 is 19.8 Å². The maximum Gasteiger partial charge on any atom is 0.266 e. The SMILES string of the molecule is COc1cc(/C=C/c2nc3cc(Cl)ccc3c(=O)n2-c2ccc(F)cc2)cc(OC)c1OC. The maximum atomic E-state index is 13.5. The van der Waals surface area contributed by atoms with E-state index in [0.717, 1.165) is 5.56 Å². The Labute approximate surface area is 194 Å². The van der Waals surface area contributed by atoms with Crippen molar-refractivity contribution in [3.63, 3.8) is 0 Å². The molecule has 0 aliphatic rings. The first-order valence-electron chi connectivity index (χ1n) is 9.91. The lowest BCUT2D eigenvalue weighted by atomic mass is 10.1. The third kappa shape index (κ3) is 4.40. The van der Waals surface area contributed by atoms with Crippen LogP contribution in [0, 0.1) is 5.82 Å². The van der Waals surface area contributed by atoms with E-state index in [1.165, 1.54) is 50.2 Å². The van der Waals surface area contributed by atoms with Gasteiger partial charge in [-0.05, 0) is 66.2 Å². The summed E-state index contributed by atoms with van der Waals surface area (Å²) >= 11 is 6.12. The van der Waals surface area contributed by atoms with Gasteiger partial charge in [0.25, 0.3) is 5.56 Å². The molecule has 0 fully saturated rings. The zero-order valence-corrected chi connectivity index (χ0v) is 18.9. The van der Waals surface area contributed by atoms with Gasteiger partial charge in [0.15, 0.2) is 11.5 Å². The summed E-state index contributed by atoms with van der Waals surface area (Å²) in [6, 6.07) is 14.1. The molecule has 33 heavy (non-hydrogen) atoms. The molecule has 4 rings (SSSR count). The Morgan fingerprint density at radius 3 is 2.18 bits per heavy atom. The fraction of sp³-hybridized carbons (Fsp3) is 0.120. The summed E-state index contributed by atoms with van der Waals surface area (Å²) in [5, 5.41) is 0.863. The van der Waals surface area contributed by atoms with E-state index < -0.39 is 5.82 Å². The molecule has 0 spiro atoms. The van der Waals surface area contributed by atoms with Crippen LogP contribution >= 0.6 is 11.6 Å². The van der Waals surface area contributed by atoms with Crippen LogP contribution in [-0.4, -0.2) is 30.9 Å². The first-order chi connectivity index (χ1) is 15.9. The largest absolute Gasteiger partial charge is 0.493 e. The van der Waals surface area contributed by atoms with E-state index >= 15 is 0 Å². The Balaban J connectivity index is 1.91. The molecule has 3 aromatic carbocycles. The maximum absolute atomic E-state index is 13.5. The number of nitrogens with zero attached hydrogens (tertiary/aromatic N) is 2. The molecule has 0 aliphatic heterocycles. The minimum absolute atomic E-state index is 0.298. The summed E-state index contributed by atoms with van der Waals surface area (Å²) in [6.45, 7) is 0. The van der Waals surface area contributed by atoms with Crippen LogP contribution in [0.4, 0.5) is 4.39 Å². The van der Waals surface area contributed by atoms with Gasteiger partial charge in [0.2, 0.25) is 5.75 Å². The number of hydrogen-bond acceptors (Lipinski definition) is 5. The lowest BCUT2D eigenvalue weighted by molar-refractivity contribution is 0.324. The molecule has 1 aromatic heterocycles. The molecule has 8 heteroatoms. The van der Waals surface area contributed by atoms with E-state index in [0.29, 0.717) is 44.7 Å². The molecule has 0 radical (unpaired) electrons. The quantitative estimate of drug-likeness (QED) is 0.382. The summed E-state index contributed by atoms with van der Waals surface area (Å²) in [5.41, 5.74) is 1.37. The number of benzene rings is 3. The van der Waals surface area contributed by atoms with Crippen molar-refractivity contribution in [2.75, 3.05) is 21.3 Å². The van der Waals surface area contributed by atoms with Crippen molar-refractivity contribution in [3.8, 4) is 22.9 Å². The van der Waals surface area contributed by atoms with Crippen molar-refractivity contribution in [3.05, 3.63) is 87.2 Å². The van der Waals surface area contributed by atoms with Crippen molar-refractivity contribution in [1.29, 1.82) is 0 Å². The number of fused-ring (bicyclic) bond motifs is 1. The van der Waals surface area contributed by atoms with Gasteiger partial charge < -0.3 is 14.2 Å². The van der Waals surface area contributed by atoms with E-state index in [9.17, 15) is 9.18 Å². The van der Waals surface area contributed by atoms with Crippen molar-refractivity contribution in [2.24, 2.45) is 0 Å². The standard InChI is InChI=1S/C25H20ClFN2O4/c1-31-21-12-15(13-22(32-2)24(21)33-3)4-11-23-28-20-14-16(26)5-10-19(20)25(30)29(23)18-8-6-17(27)7-9-18/h4-14H,1-3H3/b11-4+. The molecule has 0 saturated heterocycles. The van der Waals surface area contributed by atoms with Gasteiger partial charge in [-0.15, -0.1) is 0 Å². The van der Waals surface area contributed by atoms with Crippen molar-refractivity contribution in [2.45, 2.75) is 0 Å². The minimum Gasteiger partial charge on any atom is -0.493 e. The Hall–Kier alpha value is -3.84. The Morgan fingerprint density at radius 1 is 0.909 bits per heavy atom. The van der Waals surface area contributed by atoms with Crippen molar-refractivity contribution < 1.29 is 18.6 Å². The van der Waals surface area contributed by atoms with Gasteiger partial charge in [-0.3, -0.25) is 9.36 Å². The molecule has 0 saturated carbocycles. The minimum atomic E-state index is -0.401. The van der Waals surface area contributed by atoms with E-state index in [-0.39, 0.29) is 5.56 Å². The number of hydrogen-bond donors (Lipinski definition) is 0. The van der Waals surface area contributed by atoms with E-state index in [1.807, 2.05) is 0 Å². The topological polar surface area (TPSA) is 62.6 Å². The van der Waals surface area contributed by atoms with Gasteiger partial charge in [0, 0.05) is 5.02 Å². The summed E-state index contributed by atoms with van der Waals surface area (Å²) in [5.74, 6) is 1.40. The summed E-state index contributed by atoms with van der Waals surface area (Å²) < 4.78 is 31.1.